The number of hydrogen-bond donors (Lipinski definition) is 4. The van der Waals surface area contributed by atoms with Gasteiger partial charge in [0.2, 0.25) is 5.43 Å². The standard InChI is InChI=1S/C17H10ClN3O5/c18-7-4-5-8-9(6-7)19-13-12(15(8)24)17(26)21(20-16(13)25)14-10(22)2-1-3-11(14)23/h1-6,22-23H,(H,19,24)(H,20,25). The van der Waals surface area contributed by atoms with Crippen LogP contribution in [-0.4, -0.2) is 25.0 Å². The summed E-state index contributed by atoms with van der Waals surface area (Å²) in [4.78, 5) is 40.8. The van der Waals surface area contributed by atoms with Gasteiger partial charge in [0.15, 0.2) is 0 Å². The largest absolute Gasteiger partial charge is 0.506 e. The minimum Gasteiger partial charge on any atom is -0.506 e. The summed E-state index contributed by atoms with van der Waals surface area (Å²) >= 11 is 5.90. The van der Waals surface area contributed by atoms with Gasteiger partial charge in [-0.15, -0.1) is 0 Å². The van der Waals surface area contributed by atoms with Crippen LogP contribution >= 0.6 is 11.6 Å². The van der Waals surface area contributed by atoms with Crippen LogP contribution in [0.2, 0.25) is 5.02 Å². The number of aromatic hydroxyl groups is 2. The molecule has 0 aliphatic heterocycles. The Morgan fingerprint density at radius 3 is 2.38 bits per heavy atom. The van der Waals surface area contributed by atoms with Crippen molar-refractivity contribution in [3.05, 3.63) is 72.4 Å². The number of para-hydroxylation sites is 1. The predicted octanol–water partition coefficient (Wildman–Crippen LogP) is 1.59. The first kappa shape index (κ1) is 16.0. The van der Waals surface area contributed by atoms with E-state index >= 15 is 0 Å². The zero-order valence-electron chi connectivity index (χ0n) is 12.9. The van der Waals surface area contributed by atoms with Crippen molar-refractivity contribution in [1.29, 1.82) is 0 Å². The maximum atomic E-state index is 12.8. The maximum Gasteiger partial charge on any atom is 0.287 e. The third kappa shape index (κ3) is 2.20. The number of aromatic amines is 2. The maximum absolute atomic E-state index is 12.8. The number of fused-ring (bicyclic) bond motifs is 2. The fourth-order valence-corrected chi connectivity index (χ4v) is 3.04. The van der Waals surface area contributed by atoms with E-state index in [9.17, 15) is 24.6 Å². The zero-order valence-corrected chi connectivity index (χ0v) is 13.7. The van der Waals surface area contributed by atoms with E-state index in [0.717, 1.165) is 0 Å². The van der Waals surface area contributed by atoms with Crippen molar-refractivity contribution in [1.82, 2.24) is 14.8 Å². The monoisotopic (exact) mass is 371 g/mol. The molecule has 2 heterocycles. The van der Waals surface area contributed by atoms with Crippen LogP contribution in [0.3, 0.4) is 0 Å². The van der Waals surface area contributed by atoms with Crippen molar-refractivity contribution in [3.63, 3.8) is 0 Å². The first-order chi connectivity index (χ1) is 12.4. The number of nitrogens with zero attached hydrogens (tertiary/aromatic N) is 1. The second-order valence-electron chi connectivity index (χ2n) is 5.62. The van der Waals surface area contributed by atoms with Crippen LogP contribution in [0.4, 0.5) is 0 Å². The zero-order chi connectivity index (χ0) is 18.6. The number of phenols is 2. The molecule has 0 aliphatic carbocycles. The summed E-state index contributed by atoms with van der Waals surface area (Å²) in [5, 5.41) is 22.3. The molecule has 0 atom stereocenters. The van der Waals surface area contributed by atoms with Crippen molar-refractivity contribution in [2.45, 2.75) is 0 Å². The molecule has 0 spiro atoms. The predicted molar refractivity (Wildman–Crippen MR) is 96.6 cm³/mol. The number of pyridine rings is 1. The fourth-order valence-electron chi connectivity index (χ4n) is 2.86. The number of nitrogens with one attached hydrogen (secondary N) is 2. The molecule has 0 fully saturated rings. The number of halogens is 1. The second-order valence-corrected chi connectivity index (χ2v) is 6.06. The van der Waals surface area contributed by atoms with Gasteiger partial charge in [-0.1, -0.05) is 17.7 Å². The fraction of sp³-hybridized carbons (Fsp3) is 0. The van der Waals surface area contributed by atoms with Gasteiger partial charge in [0, 0.05) is 10.4 Å². The summed E-state index contributed by atoms with van der Waals surface area (Å²) in [5.41, 5.74) is -2.57. The molecule has 0 amide bonds. The van der Waals surface area contributed by atoms with Gasteiger partial charge in [-0.25, -0.2) is 4.68 Å². The molecule has 0 unspecified atom stereocenters. The van der Waals surface area contributed by atoms with Crippen molar-refractivity contribution < 1.29 is 10.2 Å². The molecule has 0 bridgehead atoms. The Morgan fingerprint density at radius 1 is 1.00 bits per heavy atom. The van der Waals surface area contributed by atoms with Gasteiger partial charge in [-0.3, -0.25) is 19.5 Å². The van der Waals surface area contributed by atoms with Crippen LogP contribution in [0.25, 0.3) is 27.5 Å². The summed E-state index contributed by atoms with van der Waals surface area (Å²) in [6, 6.07) is 8.23. The lowest BCUT2D eigenvalue weighted by atomic mass is 10.1. The molecule has 4 N–H and O–H groups in total. The summed E-state index contributed by atoms with van der Waals surface area (Å²) in [6.07, 6.45) is 0. The third-order valence-corrected chi connectivity index (χ3v) is 4.27. The number of benzene rings is 2. The van der Waals surface area contributed by atoms with Gasteiger partial charge in [0.1, 0.15) is 28.1 Å². The van der Waals surface area contributed by atoms with Crippen molar-refractivity contribution in [2.24, 2.45) is 0 Å². The average molecular weight is 372 g/mol. The summed E-state index contributed by atoms with van der Waals surface area (Å²) < 4.78 is 0.645. The Bertz CT molecular complexity index is 1360. The molecule has 0 radical (unpaired) electrons. The molecule has 26 heavy (non-hydrogen) atoms. The molecule has 0 aliphatic rings. The first-order valence-corrected chi connectivity index (χ1v) is 7.78. The van der Waals surface area contributed by atoms with Crippen LogP contribution in [-0.2, 0) is 0 Å². The Hall–Kier alpha value is -3.52. The van der Waals surface area contributed by atoms with E-state index in [0.29, 0.717) is 15.2 Å². The van der Waals surface area contributed by atoms with Crippen LogP contribution in [0, 0.1) is 0 Å². The highest BCUT2D eigenvalue weighted by molar-refractivity contribution is 6.31. The van der Waals surface area contributed by atoms with Gasteiger partial charge < -0.3 is 15.2 Å². The molecule has 2 aromatic carbocycles. The van der Waals surface area contributed by atoms with Crippen LogP contribution in [0.1, 0.15) is 0 Å². The lowest BCUT2D eigenvalue weighted by Crippen LogP contribution is -2.32. The number of hydrogen-bond acceptors (Lipinski definition) is 5. The van der Waals surface area contributed by atoms with E-state index in [-0.39, 0.29) is 16.6 Å². The number of rotatable bonds is 1. The van der Waals surface area contributed by atoms with Crippen molar-refractivity contribution >= 4 is 33.4 Å². The Kier molecular flexibility index (Phi) is 3.38. The molecular formula is C17H10ClN3O5. The molecule has 2 aromatic heterocycles. The summed E-state index contributed by atoms with van der Waals surface area (Å²) in [7, 11) is 0. The average Bonchev–Trinajstić information content (AvgIpc) is 2.58. The molecule has 8 nitrogen and oxygen atoms in total. The third-order valence-electron chi connectivity index (χ3n) is 4.04. The topological polar surface area (TPSA) is 128 Å². The van der Waals surface area contributed by atoms with Crippen LogP contribution < -0.4 is 16.5 Å². The highest BCUT2D eigenvalue weighted by Gasteiger charge is 2.18. The molecule has 130 valence electrons. The van der Waals surface area contributed by atoms with Gasteiger partial charge >= 0.3 is 0 Å². The van der Waals surface area contributed by atoms with Gasteiger partial charge in [-0.05, 0) is 30.3 Å². The second kappa shape index (κ2) is 5.50. The number of aromatic nitrogens is 3. The van der Waals surface area contributed by atoms with E-state index in [4.69, 9.17) is 11.6 Å². The lowest BCUT2D eigenvalue weighted by Gasteiger charge is -2.11. The number of H-pyrrole nitrogens is 2. The molecule has 4 aromatic rings. The van der Waals surface area contributed by atoms with E-state index in [1.807, 2.05) is 0 Å². The first-order valence-electron chi connectivity index (χ1n) is 7.40. The highest BCUT2D eigenvalue weighted by Crippen LogP contribution is 2.28. The van der Waals surface area contributed by atoms with Gasteiger partial charge in [0.05, 0.1) is 5.52 Å². The van der Waals surface area contributed by atoms with E-state index < -0.39 is 33.4 Å². The minimum atomic E-state index is -0.894. The van der Waals surface area contributed by atoms with Crippen molar-refractivity contribution in [3.8, 4) is 17.2 Å². The van der Waals surface area contributed by atoms with Gasteiger partial charge in [0.25, 0.3) is 11.1 Å². The molecule has 0 saturated heterocycles. The highest BCUT2D eigenvalue weighted by atomic mass is 35.5. The summed E-state index contributed by atoms with van der Waals surface area (Å²) in [6.45, 7) is 0. The van der Waals surface area contributed by atoms with Crippen LogP contribution in [0.5, 0.6) is 11.5 Å². The van der Waals surface area contributed by atoms with E-state index in [1.165, 1.54) is 36.4 Å². The van der Waals surface area contributed by atoms with E-state index in [1.54, 1.807) is 0 Å². The smallest absolute Gasteiger partial charge is 0.287 e. The Balaban J connectivity index is 2.23. The Morgan fingerprint density at radius 2 is 1.69 bits per heavy atom. The minimum absolute atomic E-state index is 0.178. The molecule has 9 heteroatoms. The molecule has 4 rings (SSSR count). The number of phenolic OH excluding ortho intramolecular Hbond substituents is 2. The van der Waals surface area contributed by atoms with Gasteiger partial charge in [-0.2, -0.15) is 0 Å². The van der Waals surface area contributed by atoms with Crippen molar-refractivity contribution in [2.75, 3.05) is 0 Å². The Labute approximate surface area is 148 Å². The normalized spacial score (nSPS) is 11.3. The SMILES string of the molecule is O=c1[nH]n(-c2c(O)cccc2O)c(=O)c2c(=O)c3ccc(Cl)cc3[nH]c12. The van der Waals surface area contributed by atoms with Crippen LogP contribution in [0.15, 0.2) is 50.8 Å². The quantitative estimate of drug-likeness (QED) is 0.378. The summed E-state index contributed by atoms with van der Waals surface area (Å²) in [5.74, 6) is -0.878. The lowest BCUT2D eigenvalue weighted by molar-refractivity contribution is 0.441. The molecular weight excluding hydrogens is 362 g/mol. The molecule has 0 saturated carbocycles. The van der Waals surface area contributed by atoms with E-state index in [2.05, 4.69) is 10.1 Å².